The van der Waals surface area contributed by atoms with E-state index in [0.29, 0.717) is 6.42 Å². The molecule has 22 heavy (non-hydrogen) atoms. The van der Waals surface area contributed by atoms with Gasteiger partial charge in [-0.05, 0) is 66.3 Å². The van der Waals surface area contributed by atoms with Crippen LogP contribution in [0.15, 0.2) is 0 Å². The monoisotopic (exact) mass is 315 g/mol. The van der Waals surface area contributed by atoms with Crippen LogP contribution in [-0.2, 0) is 9.59 Å². The molecule has 0 aromatic heterocycles. The Morgan fingerprint density at radius 1 is 0.864 bits per heavy atom. The largest absolute Gasteiger partial charge is 0.368 e. The maximum Gasteiger partial charge on any atom is 0.240 e. The van der Waals surface area contributed by atoms with Crippen molar-refractivity contribution < 1.29 is 9.59 Å². The number of nitrogens with two attached hydrogens (primary N) is 1. The Hall–Kier alpha value is -1.18. The molecule has 0 radical (unpaired) electrons. The zero-order valence-corrected chi connectivity index (χ0v) is 14.2. The molecular formula is C15H33N5O2. The minimum atomic E-state index is -0.586. The number of hydrogen-bond donors (Lipinski definition) is 5. The van der Waals surface area contributed by atoms with E-state index in [9.17, 15) is 9.59 Å². The molecule has 0 aliphatic carbocycles. The Bertz CT molecular complexity index is 312. The van der Waals surface area contributed by atoms with E-state index in [1.165, 1.54) is 0 Å². The Labute approximate surface area is 134 Å². The third-order valence-corrected chi connectivity index (χ3v) is 3.66. The molecule has 0 aliphatic rings. The number of amides is 2. The summed E-state index contributed by atoms with van der Waals surface area (Å²) in [7, 11) is 5.56. The summed E-state index contributed by atoms with van der Waals surface area (Å²) >= 11 is 0. The van der Waals surface area contributed by atoms with Crippen LogP contribution >= 0.6 is 0 Å². The van der Waals surface area contributed by atoms with E-state index in [0.717, 1.165) is 45.2 Å². The molecule has 0 fully saturated rings. The van der Waals surface area contributed by atoms with Crippen molar-refractivity contribution in [3.05, 3.63) is 0 Å². The van der Waals surface area contributed by atoms with Crippen molar-refractivity contribution in [1.82, 2.24) is 21.3 Å². The van der Waals surface area contributed by atoms with Crippen LogP contribution in [0.25, 0.3) is 0 Å². The molecule has 0 saturated carbocycles. The van der Waals surface area contributed by atoms with Crippen LogP contribution in [-0.4, -0.2) is 58.1 Å². The molecule has 2 unspecified atom stereocenters. The summed E-state index contributed by atoms with van der Waals surface area (Å²) in [6, 6.07) is -0.867. The van der Waals surface area contributed by atoms with Crippen molar-refractivity contribution in [2.45, 2.75) is 50.6 Å². The summed E-state index contributed by atoms with van der Waals surface area (Å²) < 4.78 is 0. The van der Waals surface area contributed by atoms with Gasteiger partial charge < -0.3 is 27.0 Å². The van der Waals surface area contributed by atoms with Gasteiger partial charge in [0.25, 0.3) is 0 Å². The molecular weight excluding hydrogens is 282 g/mol. The highest BCUT2D eigenvalue weighted by Crippen LogP contribution is 2.04. The summed E-state index contributed by atoms with van der Waals surface area (Å²) in [6.45, 7) is 1.83. The van der Waals surface area contributed by atoms with E-state index >= 15 is 0 Å². The fourth-order valence-corrected chi connectivity index (χ4v) is 2.26. The number of rotatable bonds is 14. The fraction of sp³-hybridized carbons (Fsp3) is 0.867. The minimum absolute atomic E-state index is 0.149. The van der Waals surface area contributed by atoms with Gasteiger partial charge >= 0.3 is 0 Å². The van der Waals surface area contributed by atoms with Crippen LogP contribution in [0.4, 0.5) is 0 Å². The predicted molar refractivity (Wildman–Crippen MR) is 89.5 cm³/mol. The van der Waals surface area contributed by atoms with Gasteiger partial charge in [-0.3, -0.25) is 9.59 Å². The second-order valence-electron chi connectivity index (χ2n) is 5.50. The lowest BCUT2D eigenvalue weighted by atomic mass is 10.1. The number of primary amides is 1. The van der Waals surface area contributed by atoms with Gasteiger partial charge in [0.05, 0.1) is 6.04 Å². The Balaban J connectivity index is 4.23. The van der Waals surface area contributed by atoms with Crippen LogP contribution in [0.2, 0.25) is 0 Å². The molecule has 0 rings (SSSR count). The van der Waals surface area contributed by atoms with Gasteiger partial charge in [0.2, 0.25) is 11.8 Å². The van der Waals surface area contributed by atoms with Crippen LogP contribution < -0.4 is 27.0 Å². The molecule has 130 valence electrons. The lowest BCUT2D eigenvalue weighted by Crippen LogP contribution is -2.51. The SMILES string of the molecule is CNCCCCC(NC(=O)C(CCCCNC)NC)C(N)=O. The first-order valence-corrected chi connectivity index (χ1v) is 8.13. The Kier molecular flexibility index (Phi) is 12.8. The minimum Gasteiger partial charge on any atom is -0.368 e. The zero-order valence-electron chi connectivity index (χ0n) is 14.2. The van der Waals surface area contributed by atoms with Gasteiger partial charge in [-0.15, -0.1) is 0 Å². The molecule has 6 N–H and O–H groups in total. The first-order chi connectivity index (χ1) is 10.6. The van der Waals surface area contributed by atoms with Gasteiger partial charge in [0.1, 0.15) is 6.04 Å². The molecule has 2 amide bonds. The van der Waals surface area contributed by atoms with Crippen molar-refractivity contribution in [3.63, 3.8) is 0 Å². The average molecular weight is 315 g/mol. The van der Waals surface area contributed by atoms with E-state index in [2.05, 4.69) is 21.3 Å². The smallest absolute Gasteiger partial charge is 0.240 e. The van der Waals surface area contributed by atoms with E-state index in [-0.39, 0.29) is 11.9 Å². The van der Waals surface area contributed by atoms with Gasteiger partial charge in [-0.1, -0.05) is 6.42 Å². The highest BCUT2D eigenvalue weighted by atomic mass is 16.2. The topological polar surface area (TPSA) is 108 Å². The quantitative estimate of drug-likeness (QED) is 0.273. The van der Waals surface area contributed by atoms with Crippen LogP contribution in [0.5, 0.6) is 0 Å². The Morgan fingerprint density at radius 3 is 1.77 bits per heavy atom. The molecule has 0 bridgehead atoms. The summed E-state index contributed by atoms with van der Waals surface area (Å²) in [6.07, 6.45) is 5.10. The summed E-state index contributed by atoms with van der Waals surface area (Å²) in [5, 5.41) is 11.9. The number of hydrogen-bond acceptors (Lipinski definition) is 5. The van der Waals surface area contributed by atoms with Crippen molar-refractivity contribution >= 4 is 11.8 Å². The molecule has 0 heterocycles. The average Bonchev–Trinajstić information content (AvgIpc) is 2.50. The standard InChI is InChI=1S/C15H33N5O2/c1-17-10-6-4-8-12(14(16)21)20-15(22)13(19-3)9-5-7-11-18-2/h12-13,17-19H,4-11H2,1-3H3,(H2,16,21)(H,20,22). The van der Waals surface area contributed by atoms with Gasteiger partial charge in [-0.2, -0.15) is 0 Å². The molecule has 0 aliphatic heterocycles. The highest BCUT2D eigenvalue weighted by Gasteiger charge is 2.22. The van der Waals surface area contributed by atoms with E-state index < -0.39 is 11.9 Å². The van der Waals surface area contributed by atoms with E-state index in [1.54, 1.807) is 7.05 Å². The predicted octanol–water partition coefficient (Wildman–Crippen LogP) is -0.676. The molecule has 0 aromatic rings. The van der Waals surface area contributed by atoms with Crippen molar-refractivity contribution in [1.29, 1.82) is 0 Å². The van der Waals surface area contributed by atoms with Gasteiger partial charge in [0, 0.05) is 0 Å². The normalized spacial score (nSPS) is 13.6. The summed E-state index contributed by atoms with van der Waals surface area (Å²) in [5.41, 5.74) is 5.38. The van der Waals surface area contributed by atoms with Crippen LogP contribution in [0.1, 0.15) is 38.5 Å². The zero-order chi connectivity index (χ0) is 16.8. The van der Waals surface area contributed by atoms with E-state index in [4.69, 9.17) is 5.73 Å². The first-order valence-electron chi connectivity index (χ1n) is 8.13. The summed E-state index contributed by atoms with van der Waals surface area (Å²) in [5.74, 6) is -0.618. The lowest BCUT2D eigenvalue weighted by molar-refractivity contribution is -0.128. The van der Waals surface area contributed by atoms with Crippen LogP contribution in [0.3, 0.4) is 0 Å². The lowest BCUT2D eigenvalue weighted by Gasteiger charge is -2.20. The van der Waals surface area contributed by atoms with Crippen molar-refractivity contribution in [2.24, 2.45) is 5.73 Å². The molecule has 0 aromatic carbocycles. The number of likely N-dealkylation sites (N-methyl/N-ethyl adjacent to an activating group) is 1. The van der Waals surface area contributed by atoms with Gasteiger partial charge in [-0.25, -0.2) is 0 Å². The maximum atomic E-state index is 12.2. The fourth-order valence-electron chi connectivity index (χ4n) is 2.26. The number of carbonyl (C=O) groups excluding carboxylic acids is 2. The third kappa shape index (κ3) is 9.70. The van der Waals surface area contributed by atoms with Crippen LogP contribution in [0, 0.1) is 0 Å². The Morgan fingerprint density at radius 2 is 1.36 bits per heavy atom. The maximum absolute atomic E-state index is 12.2. The molecule has 2 atom stereocenters. The third-order valence-electron chi connectivity index (χ3n) is 3.66. The molecule has 7 heteroatoms. The molecule has 0 saturated heterocycles. The first kappa shape index (κ1) is 20.8. The number of carbonyl (C=O) groups is 2. The molecule has 7 nitrogen and oxygen atoms in total. The van der Waals surface area contributed by atoms with Crippen molar-refractivity contribution in [2.75, 3.05) is 34.2 Å². The number of nitrogens with one attached hydrogen (secondary N) is 4. The van der Waals surface area contributed by atoms with E-state index in [1.807, 2.05) is 14.1 Å². The second kappa shape index (κ2) is 13.5. The summed E-state index contributed by atoms with van der Waals surface area (Å²) in [4.78, 5) is 23.7. The van der Waals surface area contributed by atoms with Crippen molar-refractivity contribution in [3.8, 4) is 0 Å². The van der Waals surface area contributed by atoms with Gasteiger partial charge in [0.15, 0.2) is 0 Å². The molecule has 0 spiro atoms. The highest BCUT2D eigenvalue weighted by molar-refractivity contribution is 5.88. The second-order valence-corrected chi connectivity index (χ2v) is 5.50. The number of unbranched alkanes of at least 4 members (excludes halogenated alkanes) is 2.